The van der Waals surface area contributed by atoms with Crippen LogP contribution in [0.2, 0.25) is 10.0 Å². The number of nitrogens with one attached hydrogen (secondary N) is 1. The van der Waals surface area contributed by atoms with E-state index in [0.717, 1.165) is 12.2 Å². The van der Waals surface area contributed by atoms with E-state index >= 15 is 0 Å². The summed E-state index contributed by atoms with van der Waals surface area (Å²) in [5, 5.41) is 4.80. The van der Waals surface area contributed by atoms with Gasteiger partial charge in [-0.1, -0.05) is 41.8 Å². The van der Waals surface area contributed by atoms with Crippen molar-refractivity contribution >= 4 is 28.9 Å². The van der Waals surface area contributed by atoms with Gasteiger partial charge in [-0.05, 0) is 49.8 Å². The van der Waals surface area contributed by atoms with Crippen molar-refractivity contribution in [2.24, 2.45) is 11.8 Å². The van der Waals surface area contributed by atoms with Crippen molar-refractivity contribution in [3.63, 3.8) is 0 Å². The Balaban J connectivity index is 1.93. The van der Waals surface area contributed by atoms with E-state index in [2.05, 4.69) is 25.2 Å². The molecule has 1 nitrogen and oxygen atoms in total. The lowest BCUT2D eigenvalue weighted by molar-refractivity contribution is 0.421. The highest BCUT2D eigenvalue weighted by molar-refractivity contribution is 6.35. The summed E-state index contributed by atoms with van der Waals surface area (Å²) in [6.45, 7) is 5.48. The van der Waals surface area contributed by atoms with Gasteiger partial charge < -0.3 is 5.32 Å². The fraction of sp³-hybridized carbons (Fsp3) is 0.467. The van der Waals surface area contributed by atoms with Crippen molar-refractivity contribution in [1.82, 2.24) is 0 Å². The fourth-order valence-corrected chi connectivity index (χ4v) is 3.29. The lowest BCUT2D eigenvalue weighted by Crippen LogP contribution is -2.20. The summed E-state index contributed by atoms with van der Waals surface area (Å²) in [6, 6.07) is 5.59. The smallest absolute Gasteiger partial charge is 0.0441 e. The van der Waals surface area contributed by atoms with Gasteiger partial charge in [-0.15, -0.1) is 0 Å². The molecule has 0 saturated heterocycles. The Labute approximate surface area is 119 Å². The summed E-state index contributed by atoms with van der Waals surface area (Å²) >= 11 is 12.0. The topological polar surface area (TPSA) is 12.0 Å². The van der Waals surface area contributed by atoms with Crippen molar-refractivity contribution in [1.29, 1.82) is 0 Å². The van der Waals surface area contributed by atoms with Crippen LogP contribution in [0.15, 0.2) is 29.8 Å². The normalized spacial score (nSPS) is 23.7. The van der Waals surface area contributed by atoms with Crippen LogP contribution in [0.3, 0.4) is 0 Å². The van der Waals surface area contributed by atoms with Gasteiger partial charge in [0.2, 0.25) is 0 Å². The fourth-order valence-electron chi connectivity index (χ4n) is 2.76. The van der Waals surface area contributed by atoms with Crippen LogP contribution in [0.4, 0.5) is 5.69 Å². The SMILES string of the molecule is CC1=CC(C)CC(CNc2cc(Cl)cc(Cl)c2)C1. The molecule has 0 fully saturated rings. The first-order valence-electron chi connectivity index (χ1n) is 6.40. The summed E-state index contributed by atoms with van der Waals surface area (Å²) < 4.78 is 0. The summed E-state index contributed by atoms with van der Waals surface area (Å²) in [6.07, 6.45) is 4.82. The monoisotopic (exact) mass is 283 g/mol. The Kier molecular flexibility index (Phi) is 4.58. The zero-order chi connectivity index (χ0) is 13.1. The molecule has 1 aliphatic carbocycles. The number of benzene rings is 1. The highest BCUT2D eigenvalue weighted by Gasteiger charge is 2.17. The molecule has 0 saturated carbocycles. The van der Waals surface area contributed by atoms with Crippen LogP contribution in [0.25, 0.3) is 0 Å². The quantitative estimate of drug-likeness (QED) is 0.733. The summed E-state index contributed by atoms with van der Waals surface area (Å²) in [7, 11) is 0. The molecule has 0 heterocycles. The van der Waals surface area contributed by atoms with E-state index < -0.39 is 0 Å². The Hall–Kier alpha value is -0.660. The van der Waals surface area contributed by atoms with Gasteiger partial charge >= 0.3 is 0 Å². The molecule has 18 heavy (non-hydrogen) atoms. The Morgan fingerprint density at radius 1 is 1.22 bits per heavy atom. The Morgan fingerprint density at radius 2 is 1.89 bits per heavy atom. The van der Waals surface area contributed by atoms with Crippen molar-refractivity contribution in [2.75, 3.05) is 11.9 Å². The van der Waals surface area contributed by atoms with E-state index in [0.29, 0.717) is 21.9 Å². The van der Waals surface area contributed by atoms with Gasteiger partial charge in [0.1, 0.15) is 0 Å². The average molecular weight is 284 g/mol. The molecule has 0 aliphatic heterocycles. The molecule has 2 rings (SSSR count). The van der Waals surface area contributed by atoms with Gasteiger partial charge in [0.25, 0.3) is 0 Å². The van der Waals surface area contributed by atoms with Gasteiger partial charge in [0, 0.05) is 22.3 Å². The first-order chi connectivity index (χ1) is 8.52. The second kappa shape index (κ2) is 5.99. The van der Waals surface area contributed by atoms with Crippen molar-refractivity contribution in [3.8, 4) is 0 Å². The van der Waals surface area contributed by atoms with Gasteiger partial charge in [0.05, 0.1) is 0 Å². The predicted molar refractivity (Wildman–Crippen MR) is 80.6 cm³/mol. The highest BCUT2D eigenvalue weighted by atomic mass is 35.5. The van der Waals surface area contributed by atoms with Gasteiger partial charge in [-0.25, -0.2) is 0 Å². The first-order valence-corrected chi connectivity index (χ1v) is 7.16. The standard InChI is InChI=1S/C15H19Cl2N/c1-10-3-11(2)5-12(4-10)9-18-15-7-13(16)6-14(17)8-15/h3,6-8,10,12,18H,4-5,9H2,1-2H3. The minimum atomic E-state index is 0.679. The molecule has 0 amide bonds. The van der Waals surface area contributed by atoms with Crippen molar-refractivity contribution < 1.29 is 0 Å². The minimum Gasteiger partial charge on any atom is -0.385 e. The van der Waals surface area contributed by atoms with Crippen LogP contribution in [0, 0.1) is 11.8 Å². The molecule has 0 bridgehead atoms. The van der Waals surface area contributed by atoms with Gasteiger partial charge in [-0.3, -0.25) is 0 Å². The predicted octanol–water partition coefficient (Wildman–Crippen LogP) is 5.40. The maximum Gasteiger partial charge on any atom is 0.0441 e. The number of rotatable bonds is 3. The maximum absolute atomic E-state index is 5.98. The Bertz CT molecular complexity index is 434. The van der Waals surface area contributed by atoms with Crippen LogP contribution in [-0.2, 0) is 0 Å². The Morgan fingerprint density at radius 3 is 2.50 bits per heavy atom. The zero-order valence-corrected chi connectivity index (χ0v) is 12.4. The third-order valence-electron chi connectivity index (χ3n) is 3.34. The molecule has 0 aromatic heterocycles. The van der Waals surface area contributed by atoms with Crippen molar-refractivity contribution in [2.45, 2.75) is 26.7 Å². The number of allylic oxidation sites excluding steroid dienone is 2. The van der Waals surface area contributed by atoms with E-state index in [1.165, 1.54) is 18.4 Å². The van der Waals surface area contributed by atoms with E-state index in [-0.39, 0.29) is 0 Å². The molecule has 1 aliphatic rings. The largest absolute Gasteiger partial charge is 0.385 e. The molecular formula is C15H19Cl2N. The minimum absolute atomic E-state index is 0.679. The molecule has 1 aromatic rings. The summed E-state index contributed by atoms with van der Waals surface area (Å²) in [5.41, 5.74) is 2.51. The molecule has 1 aromatic carbocycles. The number of hydrogen-bond donors (Lipinski definition) is 1. The van der Waals surface area contributed by atoms with Gasteiger partial charge in [-0.2, -0.15) is 0 Å². The van der Waals surface area contributed by atoms with E-state index in [1.54, 1.807) is 6.07 Å². The molecule has 3 heteroatoms. The van der Waals surface area contributed by atoms with E-state index in [4.69, 9.17) is 23.2 Å². The highest BCUT2D eigenvalue weighted by Crippen LogP contribution is 2.29. The molecule has 0 radical (unpaired) electrons. The maximum atomic E-state index is 5.98. The lowest BCUT2D eigenvalue weighted by Gasteiger charge is -2.26. The van der Waals surface area contributed by atoms with Crippen LogP contribution < -0.4 is 5.32 Å². The zero-order valence-electron chi connectivity index (χ0n) is 10.8. The van der Waals surface area contributed by atoms with E-state index in [1.807, 2.05) is 12.1 Å². The van der Waals surface area contributed by atoms with Gasteiger partial charge in [0.15, 0.2) is 0 Å². The second-order valence-electron chi connectivity index (χ2n) is 5.34. The summed E-state index contributed by atoms with van der Waals surface area (Å²) in [4.78, 5) is 0. The van der Waals surface area contributed by atoms with Crippen LogP contribution in [0.1, 0.15) is 26.7 Å². The second-order valence-corrected chi connectivity index (χ2v) is 6.21. The summed E-state index contributed by atoms with van der Waals surface area (Å²) in [5.74, 6) is 1.39. The van der Waals surface area contributed by atoms with Crippen LogP contribution in [0.5, 0.6) is 0 Å². The number of anilines is 1. The van der Waals surface area contributed by atoms with E-state index in [9.17, 15) is 0 Å². The third-order valence-corrected chi connectivity index (χ3v) is 3.78. The average Bonchev–Trinajstić information content (AvgIpc) is 2.23. The number of halogens is 2. The molecule has 2 unspecified atom stereocenters. The third kappa shape index (κ3) is 3.93. The molecule has 0 spiro atoms. The van der Waals surface area contributed by atoms with Crippen LogP contribution >= 0.6 is 23.2 Å². The first kappa shape index (κ1) is 13.8. The van der Waals surface area contributed by atoms with Crippen molar-refractivity contribution in [3.05, 3.63) is 39.9 Å². The molecule has 2 atom stereocenters. The lowest BCUT2D eigenvalue weighted by atomic mass is 9.84. The molecule has 98 valence electrons. The molecular weight excluding hydrogens is 265 g/mol. The molecule has 1 N–H and O–H groups in total. The van der Waals surface area contributed by atoms with Crippen LogP contribution in [-0.4, -0.2) is 6.54 Å². The number of hydrogen-bond acceptors (Lipinski definition) is 1.